The van der Waals surface area contributed by atoms with Gasteiger partial charge in [0.05, 0.1) is 14.2 Å². The quantitative estimate of drug-likeness (QED) is 0.618. The van der Waals surface area contributed by atoms with Crippen LogP contribution in [0.2, 0.25) is 0 Å². The summed E-state index contributed by atoms with van der Waals surface area (Å²) in [5.74, 6) is -0.903. The molecule has 104 valence electrons. The third kappa shape index (κ3) is 3.06. The maximum atomic E-state index is 11.3. The minimum atomic E-state index is -0.909. The van der Waals surface area contributed by atoms with E-state index in [4.69, 9.17) is 14.2 Å². The molecule has 0 aliphatic carbocycles. The van der Waals surface area contributed by atoms with E-state index in [2.05, 4.69) is 0 Å². The zero-order valence-electron chi connectivity index (χ0n) is 11.2. The van der Waals surface area contributed by atoms with Gasteiger partial charge < -0.3 is 14.2 Å². The monoisotopic (exact) mass is 274 g/mol. The highest BCUT2D eigenvalue weighted by molar-refractivity contribution is 6.40. The molecule has 1 aromatic carbocycles. The molecule has 0 saturated carbocycles. The fourth-order valence-corrected chi connectivity index (χ4v) is 1.71. The second-order valence-corrected chi connectivity index (χ2v) is 4.07. The smallest absolute Gasteiger partial charge is 0.383 e. The minimum absolute atomic E-state index is 0.00521. The Labute approximate surface area is 116 Å². The summed E-state index contributed by atoms with van der Waals surface area (Å²) in [6.45, 7) is 0. The molecule has 1 aliphatic heterocycles. The summed E-state index contributed by atoms with van der Waals surface area (Å²) >= 11 is 0. The fraction of sp³-hybridized carbons (Fsp3) is 0.200. The van der Waals surface area contributed by atoms with E-state index in [0.717, 1.165) is 11.3 Å². The van der Waals surface area contributed by atoms with Crippen molar-refractivity contribution in [3.63, 3.8) is 0 Å². The van der Waals surface area contributed by atoms with Crippen molar-refractivity contribution in [3.8, 4) is 5.75 Å². The SMILES string of the molecule is COC1=CC(C=Cc2ccc(OC)cc2)OC(=O)C1=O. The maximum absolute atomic E-state index is 11.3. The molecule has 1 heterocycles. The summed E-state index contributed by atoms with van der Waals surface area (Å²) in [5, 5.41) is 0. The van der Waals surface area contributed by atoms with Gasteiger partial charge in [-0.2, -0.15) is 0 Å². The lowest BCUT2D eigenvalue weighted by molar-refractivity contribution is -0.156. The lowest BCUT2D eigenvalue weighted by atomic mass is 10.1. The van der Waals surface area contributed by atoms with Crippen molar-refractivity contribution in [2.24, 2.45) is 0 Å². The van der Waals surface area contributed by atoms with E-state index in [1.807, 2.05) is 24.3 Å². The Morgan fingerprint density at radius 2 is 1.80 bits per heavy atom. The molecule has 0 saturated heterocycles. The van der Waals surface area contributed by atoms with Gasteiger partial charge in [0.1, 0.15) is 11.9 Å². The number of carbonyl (C=O) groups excluding carboxylic acids is 2. The van der Waals surface area contributed by atoms with Gasteiger partial charge in [0.2, 0.25) is 0 Å². The first kappa shape index (κ1) is 13.9. The van der Waals surface area contributed by atoms with Crippen LogP contribution in [0, 0.1) is 0 Å². The van der Waals surface area contributed by atoms with E-state index in [1.54, 1.807) is 19.3 Å². The highest BCUT2D eigenvalue weighted by Gasteiger charge is 2.29. The molecule has 2 rings (SSSR count). The predicted octanol–water partition coefficient (Wildman–Crippen LogP) is 1.73. The Kier molecular flexibility index (Phi) is 4.20. The Balaban J connectivity index is 2.12. The van der Waals surface area contributed by atoms with Crippen LogP contribution in [-0.2, 0) is 19.1 Å². The molecule has 0 spiro atoms. The molecule has 5 heteroatoms. The number of hydrogen-bond acceptors (Lipinski definition) is 5. The molecule has 1 aliphatic rings. The van der Waals surface area contributed by atoms with Crippen molar-refractivity contribution < 1.29 is 23.8 Å². The van der Waals surface area contributed by atoms with Crippen molar-refractivity contribution in [2.45, 2.75) is 6.10 Å². The normalized spacial score (nSPS) is 18.7. The number of Topliss-reactive ketones (excluding diaryl/α,β-unsaturated/α-hetero) is 1. The molecule has 0 amide bonds. The van der Waals surface area contributed by atoms with Crippen molar-refractivity contribution >= 4 is 17.8 Å². The lowest BCUT2D eigenvalue weighted by Crippen LogP contribution is -2.30. The van der Waals surface area contributed by atoms with Gasteiger partial charge in [0.15, 0.2) is 5.76 Å². The second-order valence-electron chi connectivity index (χ2n) is 4.07. The summed E-state index contributed by atoms with van der Waals surface area (Å²) in [6.07, 6.45) is 4.31. The first-order valence-electron chi connectivity index (χ1n) is 5.97. The third-order valence-corrected chi connectivity index (χ3v) is 2.78. The van der Waals surface area contributed by atoms with E-state index in [-0.39, 0.29) is 5.76 Å². The zero-order valence-corrected chi connectivity index (χ0v) is 11.2. The van der Waals surface area contributed by atoms with Gasteiger partial charge in [0.25, 0.3) is 0 Å². The van der Waals surface area contributed by atoms with Gasteiger partial charge >= 0.3 is 11.8 Å². The van der Waals surface area contributed by atoms with Gasteiger partial charge in [-0.3, -0.25) is 4.79 Å². The Morgan fingerprint density at radius 1 is 1.10 bits per heavy atom. The van der Waals surface area contributed by atoms with E-state index in [9.17, 15) is 9.59 Å². The molecule has 20 heavy (non-hydrogen) atoms. The number of ketones is 1. The van der Waals surface area contributed by atoms with E-state index in [0.29, 0.717) is 0 Å². The van der Waals surface area contributed by atoms with Crippen LogP contribution in [0.25, 0.3) is 6.08 Å². The van der Waals surface area contributed by atoms with E-state index >= 15 is 0 Å². The summed E-state index contributed by atoms with van der Waals surface area (Å²) in [6, 6.07) is 7.39. The molecule has 1 unspecified atom stereocenters. The first-order chi connectivity index (χ1) is 9.63. The van der Waals surface area contributed by atoms with Crippen LogP contribution in [0.1, 0.15) is 5.56 Å². The van der Waals surface area contributed by atoms with Gasteiger partial charge in [-0.15, -0.1) is 0 Å². The number of ether oxygens (including phenoxy) is 3. The average molecular weight is 274 g/mol. The summed E-state index contributed by atoms with van der Waals surface area (Å²) in [5.41, 5.74) is 0.922. The van der Waals surface area contributed by atoms with Crippen molar-refractivity contribution in [3.05, 3.63) is 47.7 Å². The Hall–Kier alpha value is -2.56. The Bertz CT molecular complexity index is 568. The standard InChI is InChI=1S/C15H14O5/c1-18-11-6-3-10(4-7-11)5-8-12-9-13(19-2)14(16)15(17)20-12/h3-9,12H,1-2H3. The number of carbonyl (C=O) groups is 2. The van der Waals surface area contributed by atoms with Crippen LogP contribution in [0.3, 0.4) is 0 Å². The van der Waals surface area contributed by atoms with Crippen LogP contribution in [0.5, 0.6) is 5.75 Å². The number of esters is 1. The molecule has 0 aromatic heterocycles. The third-order valence-electron chi connectivity index (χ3n) is 2.78. The van der Waals surface area contributed by atoms with Crippen molar-refractivity contribution in [1.29, 1.82) is 0 Å². The second kappa shape index (κ2) is 6.06. The van der Waals surface area contributed by atoms with Crippen LogP contribution < -0.4 is 4.74 Å². The number of methoxy groups -OCH3 is 2. The van der Waals surface area contributed by atoms with Crippen molar-refractivity contribution in [1.82, 2.24) is 0 Å². The van der Waals surface area contributed by atoms with Gasteiger partial charge in [-0.05, 0) is 23.8 Å². The molecule has 0 bridgehead atoms. The molecule has 0 radical (unpaired) electrons. The highest BCUT2D eigenvalue weighted by Crippen LogP contribution is 2.16. The van der Waals surface area contributed by atoms with Crippen LogP contribution in [0.4, 0.5) is 0 Å². The number of benzene rings is 1. The maximum Gasteiger partial charge on any atom is 0.383 e. The number of hydrogen-bond donors (Lipinski definition) is 0. The Morgan fingerprint density at radius 3 is 2.40 bits per heavy atom. The summed E-state index contributed by atoms with van der Waals surface area (Å²) < 4.78 is 14.8. The average Bonchev–Trinajstić information content (AvgIpc) is 2.48. The van der Waals surface area contributed by atoms with Crippen molar-refractivity contribution in [2.75, 3.05) is 14.2 Å². The highest BCUT2D eigenvalue weighted by atomic mass is 16.6. The number of cyclic esters (lactones) is 1. The molecule has 0 fully saturated rings. The summed E-state index contributed by atoms with van der Waals surface area (Å²) in [4.78, 5) is 22.7. The molecular weight excluding hydrogens is 260 g/mol. The largest absolute Gasteiger partial charge is 0.497 e. The first-order valence-corrected chi connectivity index (χ1v) is 5.97. The summed E-state index contributed by atoms with van der Waals surface area (Å²) in [7, 11) is 2.94. The topological polar surface area (TPSA) is 61.8 Å². The number of rotatable bonds is 4. The lowest BCUT2D eigenvalue weighted by Gasteiger charge is -2.16. The van der Waals surface area contributed by atoms with Crippen LogP contribution >= 0.6 is 0 Å². The minimum Gasteiger partial charge on any atom is -0.497 e. The van der Waals surface area contributed by atoms with E-state index < -0.39 is 17.9 Å². The fourth-order valence-electron chi connectivity index (χ4n) is 1.71. The predicted molar refractivity (Wildman–Crippen MR) is 72.0 cm³/mol. The zero-order chi connectivity index (χ0) is 14.5. The van der Waals surface area contributed by atoms with Gasteiger partial charge in [-0.1, -0.05) is 18.2 Å². The molecular formula is C15H14O5. The van der Waals surface area contributed by atoms with Crippen LogP contribution in [-0.4, -0.2) is 32.1 Å². The molecule has 1 atom stereocenters. The van der Waals surface area contributed by atoms with Gasteiger partial charge in [0, 0.05) is 6.08 Å². The van der Waals surface area contributed by atoms with E-state index in [1.165, 1.54) is 13.2 Å². The van der Waals surface area contributed by atoms with Crippen LogP contribution in [0.15, 0.2) is 42.2 Å². The van der Waals surface area contributed by atoms with Gasteiger partial charge in [-0.25, -0.2) is 4.79 Å². The molecule has 0 N–H and O–H groups in total. The molecule has 1 aromatic rings. The molecule has 5 nitrogen and oxygen atoms in total.